The monoisotopic (exact) mass is 441 g/mol. The molecule has 6 nitrogen and oxygen atoms in total. The fraction of sp³-hybridized carbons (Fsp3) is 0.458. The van der Waals surface area contributed by atoms with E-state index in [1.54, 1.807) is 17.0 Å². The van der Waals surface area contributed by atoms with E-state index in [2.05, 4.69) is 11.0 Å². The van der Waals surface area contributed by atoms with E-state index in [0.717, 1.165) is 36.3 Å². The van der Waals surface area contributed by atoms with Crippen molar-refractivity contribution >= 4 is 15.9 Å². The lowest BCUT2D eigenvalue weighted by Gasteiger charge is -2.34. The SMILES string of the molecule is Cc1ccc(S(=O)(=O)N2CCN(C(=O)c3cccc(CN4CCCC4)c3)CC2)cc1C. The smallest absolute Gasteiger partial charge is 0.253 e. The van der Waals surface area contributed by atoms with Gasteiger partial charge in [-0.25, -0.2) is 8.42 Å². The van der Waals surface area contributed by atoms with E-state index in [9.17, 15) is 13.2 Å². The Morgan fingerprint density at radius 2 is 1.58 bits per heavy atom. The number of carbonyl (C=O) groups excluding carboxylic acids is 1. The van der Waals surface area contributed by atoms with Gasteiger partial charge in [0.25, 0.3) is 5.91 Å². The number of carbonyl (C=O) groups is 1. The van der Waals surface area contributed by atoms with Crippen molar-refractivity contribution in [2.75, 3.05) is 39.3 Å². The fourth-order valence-electron chi connectivity index (χ4n) is 4.34. The predicted octanol–water partition coefficient (Wildman–Crippen LogP) is 3.05. The van der Waals surface area contributed by atoms with Crippen molar-refractivity contribution in [3.8, 4) is 0 Å². The average molecular weight is 442 g/mol. The number of benzene rings is 2. The second kappa shape index (κ2) is 9.10. The van der Waals surface area contributed by atoms with Gasteiger partial charge in [0.15, 0.2) is 0 Å². The molecule has 0 aromatic heterocycles. The number of sulfonamides is 1. The van der Waals surface area contributed by atoms with Crippen molar-refractivity contribution in [2.45, 2.75) is 38.1 Å². The molecule has 2 aliphatic heterocycles. The number of nitrogens with zero attached hydrogens (tertiary/aromatic N) is 3. The lowest BCUT2D eigenvalue weighted by atomic mass is 10.1. The highest BCUT2D eigenvalue weighted by molar-refractivity contribution is 7.89. The highest BCUT2D eigenvalue weighted by Crippen LogP contribution is 2.21. The summed E-state index contributed by atoms with van der Waals surface area (Å²) in [6.45, 7) is 8.44. The molecule has 2 aromatic carbocycles. The Labute approximate surface area is 185 Å². The molecule has 2 aromatic rings. The summed E-state index contributed by atoms with van der Waals surface area (Å²) in [6, 6.07) is 13.1. The minimum Gasteiger partial charge on any atom is -0.336 e. The van der Waals surface area contributed by atoms with Crippen LogP contribution < -0.4 is 0 Å². The van der Waals surface area contributed by atoms with Crippen LogP contribution in [0.4, 0.5) is 0 Å². The van der Waals surface area contributed by atoms with Gasteiger partial charge in [0.2, 0.25) is 10.0 Å². The number of likely N-dealkylation sites (tertiary alicyclic amines) is 1. The Balaban J connectivity index is 1.40. The maximum Gasteiger partial charge on any atom is 0.253 e. The van der Waals surface area contributed by atoms with Gasteiger partial charge in [-0.05, 0) is 80.7 Å². The van der Waals surface area contributed by atoms with Crippen LogP contribution in [0.5, 0.6) is 0 Å². The van der Waals surface area contributed by atoms with Crippen molar-refractivity contribution < 1.29 is 13.2 Å². The highest BCUT2D eigenvalue weighted by Gasteiger charge is 2.30. The molecule has 0 atom stereocenters. The van der Waals surface area contributed by atoms with E-state index < -0.39 is 10.0 Å². The van der Waals surface area contributed by atoms with Gasteiger partial charge in [-0.15, -0.1) is 0 Å². The molecule has 0 spiro atoms. The predicted molar refractivity (Wildman–Crippen MR) is 122 cm³/mol. The molecule has 7 heteroatoms. The third kappa shape index (κ3) is 4.84. The van der Waals surface area contributed by atoms with Gasteiger partial charge in [-0.1, -0.05) is 18.2 Å². The molecule has 1 amide bonds. The molecular weight excluding hydrogens is 410 g/mol. The largest absolute Gasteiger partial charge is 0.336 e. The van der Waals surface area contributed by atoms with Gasteiger partial charge in [0.1, 0.15) is 0 Å². The lowest BCUT2D eigenvalue weighted by Crippen LogP contribution is -2.50. The Morgan fingerprint density at radius 1 is 0.871 bits per heavy atom. The van der Waals surface area contributed by atoms with E-state index >= 15 is 0 Å². The molecule has 0 unspecified atom stereocenters. The van der Waals surface area contributed by atoms with Crippen LogP contribution in [0, 0.1) is 13.8 Å². The first-order valence-corrected chi connectivity index (χ1v) is 12.5. The van der Waals surface area contributed by atoms with E-state index in [1.165, 1.54) is 17.1 Å². The van der Waals surface area contributed by atoms with Crippen LogP contribution in [0.3, 0.4) is 0 Å². The quantitative estimate of drug-likeness (QED) is 0.716. The van der Waals surface area contributed by atoms with Gasteiger partial charge in [0.05, 0.1) is 4.90 Å². The normalized spacial score (nSPS) is 18.5. The summed E-state index contributed by atoms with van der Waals surface area (Å²) in [4.78, 5) is 17.5. The maximum atomic E-state index is 13.0. The van der Waals surface area contributed by atoms with Crippen molar-refractivity contribution in [3.63, 3.8) is 0 Å². The molecule has 0 N–H and O–H groups in total. The molecule has 0 saturated carbocycles. The zero-order valence-corrected chi connectivity index (χ0v) is 19.2. The average Bonchev–Trinajstić information content (AvgIpc) is 3.28. The van der Waals surface area contributed by atoms with Crippen LogP contribution in [-0.4, -0.2) is 67.7 Å². The molecule has 2 aliphatic rings. The van der Waals surface area contributed by atoms with Gasteiger partial charge >= 0.3 is 0 Å². The second-order valence-electron chi connectivity index (χ2n) is 8.63. The summed E-state index contributed by atoms with van der Waals surface area (Å²) in [7, 11) is -3.55. The third-order valence-corrected chi connectivity index (χ3v) is 8.32. The zero-order valence-electron chi connectivity index (χ0n) is 18.4. The van der Waals surface area contributed by atoms with E-state index in [4.69, 9.17) is 0 Å². The maximum absolute atomic E-state index is 13.0. The van der Waals surface area contributed by atoms with Crippen molar-refractivity contribution in [2.24, 2.45) is 0 Å². The van der Waals surface area contributed by atoms with Crippen LogP contribution in [0.1, 0.15) is 39.9 Å². The number of hydrogen-bond acceptors (Lipinski definition) is 4. The molecule has 2 fully saturated rings. The van der Waals surface area contributed by atoms with Crippen LogP contribution in [0.25, 0.3) is 0 Å². The first-order valence-electron chi connectivity index (χ1n) is 11.0. The first-order chi connectivity index (χ1) is 14.8. The van der Waals surface area contributed by atoms with Crippen LogP contribution in [0.2, 0.25) is 0 Å². The molecule has 166 valence electrons. The molecule has 31 heavy (non-hydrogen) atoms. The lowest BCUT2D eigenvalue weighted by molar-refractivity contribution is 0.0697. The summed E-state index contributed by atoms with van der Waals surface area (Å²) in [5, 5.41) is 0. The standard InChI is InChI=1S/C24H31N3O3S/c1-19-8-9-23(16-20(19)2)31(29,30)27-14-12-26(13-15-27)24(28)22-7-5-6-21(17-22)18-25-10-3-4-11-25/h5-9,16-17H,3-4,10-15,18H2,1-2H3. The third-order valence-electron chi connectivity index (χ3n) is 6.42. The Bertz CT molecular complexity index is 1050. The van der Waals surface area contributed by atoms with Crippen molar-refractivity contribution in [1.82, 2.24) is 14.1 Å². The topological polar surface area (TPSA) is 60.9 Å². The minimum absolute atomic E-state index is 0.0218. The number of piperazine rings is 1. The van der Waals surface area contributed by atoms with Crippen LogP contribution in [0.15, 0.2) is 47.4 Å². The van der Waals surface area contributed by atoms with E-state index in [1.807, 2.05) is 38.1 Å². The number of hydrogen-bond donors (Lipinski definition) is 0. The number of rotatable bonds is 5. The molecule has 0 bridgehead atoms. The van der Waals surface area contributed by atoms with E-state index in [-0.39, 0.29) is 5.91 Å². The Morgan fingerprint density at radius 3 is 2.26 bits per heavy atom. The molecule has 0 radical (unpaired) electrons. The van der Waals surface area contributed by atoms with Crippen LogP contribution in [-0.2, 0) is 16.6 Å². The zero-order chi connectivity index (χ0) is 22.0. The van der Waals surface area contributed by atoms with Crippen molar-refractivity contribution in [3.05, 3.63) is 64.7 Å². The summed E-state index contributed by atoms with van der Waals surface area (Å²) < 4.78 is 27.5. The number of aryl methyl sites for hydroxylation is 2. The highest BCUT2D eigenvalue weighted by atomic mass is 32.2. The Kier molecular flexibility index (Phi) is 6.46. The van der Waals surface area contributed by atoms with Gasteiger partial charge in [0, 0.05) is 38.3 Å². The molecule has 4 rings (SSSR count). The number of amides is 1. The van der Waals surface area contributed by atoms with E-state index in [0.29, 0.717) is 36.6 Å². The Hall–Kier alpha value is -2.22. The molecule has 0 aliphatic carbocycles. The second-order valence-corrected chi connectivity index (χ2v) is 10.6. The van der Waals surface area contributed by atoms with Gasteiger partial charge in [-0.2, -0.15) is 4.31 Å². The molecular formula is C24H31N3O3S. The summed E-state index contributed by atoms with van der Waals surface area (Å²) in [5.74, 6) is -0.0218. The summed E-state index contributed by atoms with van der Waals surface area (Å²) >= 11 is 0. The summed E-state index contributed by atoms with van der Waals surface area (Å²) in [6.07, 6.45) is 2.49. The summed E-state index contributed by atoms with van der Waals surface area (Å²) in [5.41, 5.74) is 3.87. The molecule has 2 heterocycles. The first kappa shape index (κ1) is 22.0. The van der Waals surface area contributed by atoms with Crippen LogP contribution >= 0.6 is 0 Å². The minimum atomic E-state index is -3.55. The van der Waals surface area contributed by atoms with Crippen molar-refractivity contribution in [1.29, 1.82) is 0 Å². The van der Waals surface area contributed by atoms with Gasteiger partial charge < -0.3 is 4.90 Å². The van der Waals surface area contributed by atoms with Gasteiger partial charge in [-0.3, -0.25) is 9.69 Å². The molecule has 2 saturated heterocycles. The fourth-order valence-corrected chi connectivity index (χ4v) is 5.85.